The molecule has 0 radical (unpaired) electrons. The van der Waals surface area contributed by atoms with Crippen molar-refractivity contribution >= 4 is 29.0 Å². The third-order valence-electron chi connectivity index (χ3n) is 4.87. The van der Waals surface area contributed by atoms with Crippen LogP contribution in [0.5, 0.6) is 5.75 Å². The van der Waals surface area contributed by atoms with Crippen molar-refractivity contribution < 1.29 is 23.3 Å². The first-order valence-corrected chi connectivity index (χ1v) is 10.4. The van der Waals surface area contributed by atoms with Crippen molar-refractivity contribution in [1.29, 1.82) is 0 Å². The summed E-state index contributed by atoms with van der Waals surface area (Å²) in [5, 5.41) is 18.0. The number of non-ortho nitro benzene ring substituents is 1. The smallest absolute Gasteiger partial charge is 0.292 e. The van der Waals surface area contributed by atoms with E-state index in [1.807, 2.05) is 6.92 Å². The van der Waals surface area contributed by atoms with Crippen LogP contribution in [0.1, 0.15) is 27.6 Å². The molecule has 2 aromatic carbocycles. The van der Waals surface area contributed by atoms with E-state index in [1.165, 1.54) is 42.5 Å². The summed E-state index contributed by atoms with van der Waals surface area (Å²) >= 11 is 6.09. The second-order valence-corrected chi connectivity index (χ2v) is 7.73. The number of aryl methyl sites for hydroxylation is 1. The standard InChI is InChI=1S/C23H18ClFN4O5/c1-14-10-22(27-28(14)12-15-2-3-16(25)11-20(15)24)26-23(30)21-9-8-19(34-21)13-33-18-6-4-17(5-7-18)29(31)32/h2-11H,12-13H2,1H3,(H,26,27,30). The number of carbonyl (C=O) groups excluding carboxylic acids is 1. The van der Waals surface area contributed by atoms with Crippen LogP contribution in [0.3, 0.4) is 0 Å². The Bertz CT molecular complexity index is 1350. The van der Waals surface area contributed by atoms with Gasteiger partial charge < -0.3 is 14.5 Å². The van der Waals surface area contributed by atoms with Gasteiger partial charge in [0.05, 0.1) is 11.5 Å². The molecule has 11 heteroatoms. The maximum absolute atomic E-state index is 13.3. The minimum atomic E-state index is -0.496. The summed E-state index contributed by atoms with van der Waals surface area (Å²) in [7, 11) is 0. The molecule has 0 aliphatic rings. The zero-order valence-electron chi connectivity index (χ0n) is 17.8. The van der Waals surface area contributed by atoms with Gasteiger partial charge in [0.25, 0.3) is 11.6 Å². The van der Waals surface area contributed by atoms with E-state index in [9.17, 15) is 19.3 Å². The van der Waals surface area contributed by atoms with E-state index in [-0.39, 0.29) is 18.1 Å². The van der Waals surface area contributed by atoms with Crippen LogP contribution in [0.25, 0.3) is 0 Å². The molecule has 4 rings (SSSR count). The summed E-state index contributed by atoms with van der Waals surface area (Å²) in [5.41, 5.74) is 1.42. The SMILES string of the molecule is Cc1cc(NC(=O)c2ccc(COc3ccc([N+](=O)[O-])cc3)o2)nn1Cc1ccc(F)cc1Cl. The molecule has 0 saturated carbocycles. The van der Waals surface area contributed by atoms with Crippen molar-refractivity contribution in [3.8, 4) is 5.75 Å². The molecule has 174 valence electrons. The summed E-state index contributed by atoms with van der Waals surface area (Å²) in [5.74, 6) is 0.296. The number of nitrogens with one attached hydrogen (secondary N) is 1. The maximum atomic E-state index is 13.3. The van der Waals surface area contributed by atoms with E-state index >= 15 is 0 Å². The van der Waals surface area contributed by atoms with Gasteiger partial charge in [0.15, 0.2) is 11.6 Å². The van der Waals surface area contributed by atoms with Crippen LogP contribution in [0.4, 0.5) is 15.9 Å². The number of ether oxygens (including phenoxy) is 1. The van der Waals surface area contributed by atoms with Gasteiger partial charge in [-0.1, -0.05) is 17.7 Å². The van der Waals surface area contributed by atoms with Crippen LogP contribution in [0, 0.1) is 22.9 Å². The van der Waals surface area contributed by atoms with Crippen LogP contribution < -0.4 is 10.1 Å². The van der Waals surface area contributed by atoms with E-state index in [0.29, 0.717) is 34.5 Å². The number of halogens is 2. The van der Waals surface area contributed by atoms with Crippen LogP contribution in [-0.4, -0.2) is 20.6 Å². The van der Waals surface area contributed by atoms with Crippen molar-refractivity contribution in [2.24, 2.45) is 0 Å². The van der Waals surface area contributed by atoms with Gasteiger partial charge in [-0.05, 0) is 48.9 Å². The summed E-state index contributed by atoms with van der Waals surface area (Å²) in [6.45, 7) is 2.17. The number of amides is 1. The molecule has 0 aliphatic heterocycles. The van der Waals surface area contributed by atoms with E-state index < -0.39 is 16.6 Å². The topological polar surface area (TPSA) is 112 Å². The molecule has 2 heterocycles. The summed E-state index contributed by atoms with van der Waals surface area (Å²) in [6, 6.07) is 14.6. The summed E-state index contributed by atoms with van der Waals surface area (Å²) in [4.78, 5) is 22.8. The Morgan fingerprint density at radius 1 is 1.21 bits per heavy atom. The predicted molar refractivity (Wildman–Crippen MR) is 122 cm³/mol. The first kappa shape index (κ1) is 23.0. The second kappa shape index (κ2) is 9.75. The fourth-order valence-electron chi connectivity index (χ4n) is 3.12. The predicted octanol–water partition coefficient (Wildman–Crippen LogP) is 5.36. The van der Waals surface area contributed by atoms with Crippen LogP contribution >= 0.6 is 11.6 Å². The zero-order chi connectivity index (χ0) is 24.2. The second-order valence-electron chi connectivity index (χ2n) is 7.32. The third kappa shape index (κ3) is 5.41. The van der Waals surface area contributed by atoms with Crippen molar-refractivity contribution in [3.63, 3.8) is 0 Å². The van der Waals surface area contributed by atoms with Crippen LogP contribution in [0.15, 0.2) is 65.1 Å². The van der Waals surface area contributed by atoms with E-state index in [0.717, 1.165) is 5.69 Å². The third-order valence-corrected chi connectivity index (χ3v) is 5.22. The molecule has 9 nitrogen and oxygen atoms in total. The molecule has 0 saturated heterocycles. The van der Waals surface area contributed by atoms with Gasteiger partial charge in [0, 0.05) is 28.9 Å². The number of hydrogen-bond acceptors (Lipinski definition) is 6. The van der Waals surface area contributed by atoms with Crippen LogP contribution in [0.2, 0.25) is 5.02 Å². The quantitative estimate of drug-likeness (QED) is 0.266. The Hall–Kier alpha value is -4.18. The molecule has 2 aromatic heterocycles. The van der Waals surface area contributed by atoms with Crippen molar-refractivity contribution in [2.45, 2.75) is 20.1 Å². The molecule has 0 aliphatic carbocycles. The van der Waals surface area contributed by atoms with Gasteiger partial charge in [-0.25, -0.2) is 4.39 Å². The number of furan rings is 1. The number of carbonyl (C=O) groups is 1. The Labute approximate surface area is 197 Å². The normalized spacial score (nSPS) is 10.8. The van der Waals surface area contributed by atoms with Gasteiger partial charge in [-0.2, -0.15) is 5.10 Å². The number of nitro benzene ring substituents is 1. The number of rotatable bonds is 8. The molecule has 1 N–H and O–H groups in total. The lowest BCUT2D eigenvalue weighted by molar-refractivity contribution is -0.384. The number of nitrogens with zero attached hydrogens (tertiary/aromatic N) is 3. The highest BCUT2D eigenvalue weighted by Crippen LogP contribution is 2.21. The molecule has 34 heavy (non-hydrogen) atoms. The number of nitro groups is 1. The number of aromatic nitrogens is 2. The molecule has 0 bridgehead atoms. The highest BCUT2D eigenvalue weighted by Gasteiger charge is 2.15. The molecule has 4 aromatic rings. The molecule has 0 unspecified atom stereocenters. The number of hydrogen-bond donors (Lipinski definition) is 1. The van der Waals surface area contributed by atoms with Gasteiger partial charge in [0.1, 0.15) is 23.9 Å². The van der Waals surface area contributed by atoms with Gasteiger partial charge >= 0.3 is 0 Å². The summed E-state index contributed by atoms with van der Waals surface area (Å²) < 4.78 is 26.0. The minimum Gasteiger partial charge on any atom is -0.486 e. The Morgan fingerprint density at radius 2 is 1.97 bits per heavy atom. The number of anilines is 1. The molecule has 0 spiro atoms. The van der Waals surface area contributed by atoms with E-state index in [1.54, 1.807) is 22.9 Å². The average molecular weight is 485 g/mol. The van der Waals surface area contributed by atoms with E-state index in [4.69, 9.17) is 20.8 Å². The summed E-state index contributed by atoms with van der Waals surface area (Å²) in [6.07, 6.45) is 0. The highest BCUT2D eigenvalue weighted by molar-refractivity contribution is 6.31. The highest BCUT2D eigenvalue weighted by atomic mass is 35.5. The van der Waals surface area contributed by atoms with Crippen molar-refractivity contribution in [1.82, 2.24) is 9.78 Å². The maximum Gasteiger partial charge on any atom is 0.292 e. The fourth-order valence-corrected chi connectivity index (χ4v) is 3.34. The monoisotopic (exact) mass is 484 g/mol. The van der Waals surface area contributed by atoms with Crippen molar-refractivity contribution in [2.75, 3.05) is 5.32 Å². The number of benzene rings is 2. The Balaban J connectivity index is 1.36. The Kier molecular flexibility index (Phi) is 6.60. The van der Waals surface area contributed by atoms with Gasteiger partial charge in [0.2, 0.25) is 0 Å². The molecule has 0 fully saturated rings. The Morgan fingerprint density at radius 3 is 2.68 bits per heavy atom. The van der Waals surface area contributed by atoms with Gasteiger partial charge in [-0.3, -0.25) is 19.6 Å². The lowest BCUT2D eigenvalue weighted by Crippen LogP contribution is -2.12. The van der Waals surface area contributed by atoms with Crippen LogP contribution in [-0.2, 0) is 13.2 Å². The van der Waals surface area contributed by atoms with Gasteiger partial charge in [-0.15, -0.1) is 0 Å². The van der Waals surface area contributed by atoms with Crippen molar-refractivity contribution in [3.05, 3.63) is 104 Å². The first-order valence-electron chi connectivity index (χ1n) is 10.0. The zero-order valence-corrected chi connectivity index (χ0v) is 18.6. The molecular formula is C23H18ClFN4O5. The molecule has 0 atom stereocenters. The largest absolute Gasteiger partial charge is 0.486 e. The van der Waals surface area contributed by atoms with E-state index in [2.05, 4.69) is 10.4 Å². The first-order chi connectivity index (χ1) is 16.3. The minimum absolute atomic E-state index is 0.0389. The lowest BCUT2D eigenvalue weighted by Gasteiger charge is -2.06. The molecule has 1 amide bonds. The lowest BCUT2D eigenvalue weighted by atomic mass is 10.2. The fraction of sp³-hybridized carbons (Fsp3) is 0.130. The average Bonchev–Trinajstić information content (AvgIpc) is 3.41. The molecular weight excluding hydrogens is 467 g/mol.